The first kappa shape index (κ1) is 13.8. The number of rotatable bonds is 1. The molecule has 0 aliphatic carbocycles. The van der Waals surface area contributed by atoms with Crippen LogP contribution in [0.15, 0.2) is 15.7 Å². The minimum Gasteiger partial charge on any atom is -0.356 e. The summed E-state index contributed by atoms with van der Waals surface area (Å²) >= 11 is 0. The van der Waals surface area contributed by atoms with Crippen molar-refractivity contribution in [1.29, 1.82) is 0 Å². The third kappa shape index (κ3) is 2.89. The van der Waals surface area contributed by atoms with Crippen molar-refractivity contribution in [2.75, 3.05) is 18.0 Å². The highest BCUT2D eigenvalue weighted by Crippen LogP contribution is 2.13. The van der Waals surface area contributed by atoms with E-state index in [0.29, 0.717) is 12.4 Å². The molecular formula is C10H17ClN4O2. The lowest BCUT2D eigenvalue weighted by molar-refractivity contribution is 0.501. The zero-order chi connectivity index (χ0) is 11.7. The number of aromatic amines is 1. The van der Waals surface area contributed by atoms with Crippen LogP contribution in [0.2, 0.25) is 0 Å². The van der Waals surface area contributed by atoms with E-state index < -0.39 is 0 Å². The quantitative estimate of drug-likeness (QED) is 0.708. The molecule has 7 heteroatoms. The Labute approximate surface area is 105 Å². The number of hydrogen-bond acceptors (Lipinski definition) is 4. The normalized spacial score (nSPS) is 19.9. The van der Waals surface area contributed by atoms with Gasteiger partial charge in [0.1, 0.15) is 5.82 Å². The fraction of sp³-hybridized carbons (Fsp3) is 0.600. The molecule has 6 nitrogen and oxygen atoms in total. The van der Waals surface area contributed by atoms with Gasteiger partial charge in [0.2, 0.25) is 0 Å². The summed E-state index contributed by atoms with van der Waals surface area (Å²) in [5.74, 6) is 0.572. The van der Waals surface area contributed by atoms with Crippen LogP contribution in [0.4, 0.5) is 5.82 Å². The van der Waals surface area contributed by atoms with Crippen molar-refractivity contribution in [3.8, 4) is 0 Å². The molecule has 0 amide bonds. The summed E-state index contributed by atoms with van der Waals surface area (Å²) < 4.78 is 1.05. The van der Waals surface area contributed by atoms with Crippen LogP contribution in [0.1, 0.15) is 12.8 Å². The fourth-order valence-corrected chi connectivity index (χ4v) is 1.94. The van der Waals surface area contributed by atoms with Gasteiger partial charge in [-0.3, -0.25) is 14.3 Å². The standard InChI is InChI=1S/C10H16N4O2.ClH/c1-13-9(15)5-8(12-10(13)16)14-4-2-3-7(11)6-14;/h5,7H,2-4,6,11H2,1H3,(H,12,16);1H/t7-;/m1./s1. The second-order valence-corrected chi connectivity index (χ2v) is 4.21. The summed E-state index contributed by atoms with van der Waals surface area (Å²) in [6, 6.07) is 1.56. The third-order valence-electron chi connectivity index (χ3n) is 2.93. The molecule has 2 heterocycles. The number of halogens is 1. The van der Waals surface area contributed by atoms with Gasteiger partial charge in [-0.15, -0.1) is 12.4 Å². The van der Waals surface area contributed by atoms with Crippen LogP contribution in [-0.4, -0.2) is 28.7 Å². The smallest absolute Gasteiger partial charge is 0.329 e. The summed E-state index contributed by atoms with van der Waals surface area (Å²) in [6.07, 6.45) is 1.98. The first-order chi connectivity index (χ1) is 7.58. The molecular weight excluding hydrogens is 244 g/mol. The molecule has 96 valence electrons. The molecule has 17 heavy (non-hydrogen) atoms. The van der Waals surface area contributed by atoms with E-state index in [1.807, 2.05) is 4.90 Å². The number of piperidine rings is 1. The lowest BCUT2D eigenvalue weighted by Crippen LogP contribution is -2.45. The fourth-order valence-electron chi connectivity index (χ4n) is 1.94. The lowest BCUT2D eigenvalue weighted by atomic mass is 10.1. The molecule has 1 atom stereocenters. The van der Waals surface area contributed by atoms with E-state index in [1.54, 1.807) is 0 Å². The number of H-pyrrole nitrogens is 1. The molecule has 2 rings (SSSR count). The number of anilines is 1. The molecule has 0 spiro atoms. The Morgan fingerprint density at radius 1 is 1.47 bits per heavy atom. The first-order valence-corrected chi connectivity index (χ1v) is 5.39. The first-order valence-electron chi connectivity index (χ1n) is 5.39. The van der Waals surface area contributed by atoms with Crippen molar-refractivity contribution in [3.05, 3.63) is 26.9 Å². The Hall–Kier alpha value is -1.27. The predicted molar refractivity (Wildman–Crippen MR) is 69.0 cm³/mol. The number of aromatic nitrogens is 2. The van der Waals surface area contributed by atoms with Crippen molar-refractivity contribution in [3.63, 3.8) is 0 Å². The average Bonchev–Trinajstić information content (AvgIpc) is 2.25. The zero-order valence-electron chi connectivity index (χ0n) is 9.68. The summed E-state index contributed by atoms with van der Waals surface area (Å²) in [4.78, 5) is 27.5. The third-order valence-corrected chi connectivity index (χ3v) is 2.93. The summed E-state index contributed by atoms with van der Waals surface area (Å²) in [7, 11) is 1.45. The Kier molecular flexibility index (Phi) is 4.36. The monoisotopic (exact) mass is 260 g/mol. The van der Waals surface area contributed by atoms with E-state index in [4.69, 9.17) is 5.73 Å². The molecule has 1 aliphatic rings. The maximum Gasteiger partial charge on any atom is 0.329 e. The van der Waals surface area contributed by atoms with E-state index in [0.717, 1.165) is 24.0 Å². The van der Waals surface area contributed by atoms with E-state index >= 15 is 0 Å². The van der Waals surface area contributed by atoms with Gasteiger partial charge in [0, 0.05) is 32.2 Å². The lowest BCUT2D eigenvalue weighted by Gasteiger charge is -2.31. The molecule has 3 N–H and O–H groups in total. The van der Waals surface area contributed by atoms with Crippen molar-refractivity contribution in [2.45, 2.75) is 18.9 Å². The molecule has 0 radical (unpaired) electrons. The molecule has 0 saturated carbocycles. The predicted octanol–water partition coefficient (Wildman–Crippen LogP) is -0.577. The molecule has 0 unspecified atom stereocenters. The van der Waals surface area contributed by atoms with Gasteiger partial charge < -0.3 is 10.6 Å². The van der Waals surface area contributed by atoms with Crippen LogP contribution in [0.5, 0.6) is 0 Å². The Balaban J connectivity index is 0.00000144. The van der Waals surface area contributed by atoms with Gasteiger partial charge in [0.05, 0.1) is 0 Å². The SMILES string of the molecule is Cl.Cn1c(=O)cc(N2CCC[C@@H](N)C2)[nH]c1=O. The Morgan fingerprint density at radius 2 is 2.18 bits per heavy atom. The minimum absolute atomic E-state index is 0. The number of hydrogen-bond donors (Lipinski definition) is 2. The van der Waals surface area contributed by atoms with Gasteiger partial charge in [0.15, 0.2) is 0 Å². The molecule has 0 aromatic carbocycles. The van der Waals surface area contributed by atoms with Crippen molar-refractivity contribution in [2.24, 2.45) is 12.8 Å². The van der Waals surface area contributed by atoms with Crippen LogP contribution in [0.25, 0.3) is 0 Å². The maximum absolute atomic E-state index is 11.5. The van der Waals surface area contributed by atoms with Crippen LogP contribution in [0, 0.1) is 0 Å². The second-order valence-electron chi connectivity index (χ2n) is 4.21. The molecule has 0 bridgehead atoms. The zero-order valence-corrected chi connectivity index (χ0v) is 10.5. The highest BCUT2D eigenvalue weighted by Gasteiger charge is 2.18. The average molecular weight is 261 g/mol. The van der Waals surface area contributed by atoms with Gasteiger partial charge in [-0.1, -0.05) is 0 Å². The van der Waals surface area contributed by atoms with E-state index in [9.17, 15) is 9.59 Å². The van der Waals surface area contributed by atoms with Gasteiger partial charge in [-0.25, -0.2) is 4.79 Å². The number of nitrogens with zero attached hydrogens (tertiary/aromatic N) is 2. The Morgan fingerprint density at radius 3 is 2.76 bits per heavy atom. The molecule has 1 fully saturated rings. The highest BCUT2D eigenvalue weighted by molar-refractivity contribution is 5.85. The molecule has 1 aliphatic heterocycles. The van der Waals surface area contributed by atoms with Gasteiger partial charge in [0.25, 0.3) is 5.56 Å². The maximum atomic E-state index is 11.5. The number of nitrogens with one attached hydrogen (secondary N) is 1. The topological polar surface area (TPSA) is 84.1 Å². The van der Waals surface area contributed by atoms with E-state index in [-0.39, 0.29) is 29.7 Å². The molecule has 1 aromatic rings. The Bertz CT molecular complexity index is 465. The number of nitrogens with two attached hydrogens (primary N) is 1. The van der Waals surface area contributed by atoms with Crippen LogP contribution in [0.3, 0.4) is 0 Å². The van der Waals surface area contributed by atoms with Gasteiger partial charge >= 0.3 is 5.69 Å². The van der Waals surface area contributed by atoms with Crippen LogP contribution < -0.4 is 21.9 Å². The van der Waals surface area contributed by atoms with Gasteiger partial charge in [-0.05, 0) is 12.8 Å². The van der Waals surface area contributed by atoms with Crippen LogP contribution >= 0.6 is 12.4 Å². The van der Waals surface area contributed by atoms with Crippen LogP contribution in [-0.2, 0) is 7.05 Å². The van der Waals surface area contributed by atoms with E-state index in [2.05, 4.69) is 4.98 Å². The molecule has 1 saturated heterocycles. The second kappa shape index (κ2) is 5.37. The highest BCUT2D eigenvalue weighted by atomic mass is 35.5. The van der Waals surface area contributed by atoms with Gasteiger partial charge in [-0.2, -0.15) is 0 Å². The summed E-state index contributed by atoms with van der Waals surface area (Å²) in [6.45, 7) is 1.51. The van der Waals surface area contributed by atoms with Crippen molar-refractivity contribution < 1.29 is 0 Å². The largest absolute Gasteiger partial charge is 0.356 e. The van der Waals surface area contributed by atoms with Crippen molar-refractivity contribution in [1.82, 2.24) is 9.55 Å². The van der Waals surface area contributed by atoms with Crippen molar-refractivity contribution >= 4 is 18.2 Å². The van der Waals surface area contributed by atoms with E-state index in [1.165, 1.54) is 13.1 Å². The molecule has 1 aromatic heterocycles. The summed E-state index contributed by atoms with van der Waals surface area (Å²) in [5, 5.41) is 0. The minimum atomic E-state index is -0.387. The summed E-state index contributed by atoms with van der Waals surface area (Å²) in [5.41, 5.74) is 5.17.